The van der Waals surface area contributed by atoms with Crippen LogP contribution in [0.15, 0.2) is 0 Å². The first-order chi connectivity index (χ1) is 9.82. The van der Waals surface area contributed by atoms with Crippen molar-refractivity contribution in [3.05, 3.63) is 0 Å². The normalized spacial score (nSPS) is 28.4. The summed E-state index contributed by atoms with van der Waals surface area (Å²) in [7, 11) is -3.58. The summed E-state index contributed by atoms with van der Waals surface area (Å²) in [4.78, 5) is 11.1. The molecule has 0 aromatic heterocycles. The van der Waals surface area contributed by atoms with Gasteiger partial charge < -0.3 is 10.2 Å². The monoisotopic (exact) mass is 320 g/mol. The topological polar surface area (TPSA) is 98.2 Å². The van der Waals surface area contributed by atoms with Crippen LogP contribution in [-0.4, -0.2) is 65.5 Å². The van der Waals surface area contributed by atoms with Crippen molar-refractivity contribution < 1.29 is 23.4 Å². The molecule has 0 saturated carbocycles. The third kappa shape index (κ3) is 3.74. The Morgan fingerprint density at radius 3 is 2.29 bits per heavy atom. The van der Waals surface area contributed by atoms with Crippen molar-refractivity contribution in [2.75, 3.05) is 26.2 Å². The van der Waals surface area contributed by atoms with E-state index in [4.69, 9.17) is 5.11 Å². The van der Waals surface area contributed by atoms with Crippen molar-refractivity contribution in [1.82, 2.24) is 8.61 Å². The Balaban J connectivity index is 2.00. The molecule has 0 aromatic carbocycles. The number of hydrogen-bond acceptors (Lipinski definition) is 4. The molecule has 0 aliphatic carbocycles. The van der Waals surface area contributed by atoms with Gasteiger partial charge in [0.2, 0.25) is 0 Å². The van der Waals surface area contributed by atoms with Gasteiger partial charge in [0, 0.05) is 26.2 Å². The van der Waals surface area contributed by atoms with Crippen molar-refractivity contribution in [2.45, 2.75) is 38.7 Å². The zero-order valence-corrected chi connectivity index (χ0v) is 13.1. The lowest BCUT2D eigenvalue weighted by Gasteiger charge is -2.38. The number of aliphatic hydroxyl groups is 1. The summed E-state index contributed by atoms with van der Waals surface area (Å²) in [5, 5.41) is 18.6. The number of carbonyl (C=O) groups is 1. The predicted molar refractivity (Wildman–Crippen MR) is 76.8 cm³/mol. The highest BCUT2D eigenvalue weighted by molar-refractivity contribution is 7.86. The maximum Gasteiger partial charge on any atom is 0.307 e. The lowest BCUT2D eigenvalue weighted by Crippen LogP contribution is -2.51. The van der Waals surface area contributed by atoms with E-state index in [1.54, 1.807) is 6.92 Å². The lowest BCUT2D eigenvalue weighted by molar-refractivity contribution is -0.142. The molecule has 2 fully saturated rings. The number of hydrogen-bond donors (Lipinski definition) is 2. The second-order valence-corrected chi connectivity index (χ2v) is 7.95. The minimum atomic E-state index is -3.58. The largest absolute Gasteiger partial charge is 0.481 e. The first-order valence-corrected chi connectivity index (χ1v) is 8.88. The van der Waals surface area contributed by atoms with Crippen LogP contribution in [0.5, 0.6) is 0 Å². The van der Waals surface area contributed by atoms with E-state index >= 15 is 0 Å². The molecule has 2 saturated heterocycles. The Labute approximate surface area is 125 Å². The average molecular weight is 320 g/mol. The van der Waals surface area contributed by atoms with E-state index in [1.165, 1.54) is 8.61 Å². The number of nitrogens with zero attached hydrogens (tertiary/aromatic N) is 2. The molecule has 0 amide bonds. The van der Waals surface area contributed by atoms with Crippen LogP contribution in [0.3, 0.4) is 0 Å². The van der Waals surface area contributed by atoms with Crippen LogP contribution in [-0.2, 0) is 15.0 Å². The van der Waals surface area contributed by atoms with E-state index in [2.05, 4.69) is 0 Å². The molecular weight excluding hydrogens is 296 g/mol. The molecule has 0 spiro atoms. The zero-order valence-electron chi connectivity index (χ0n) is 12.3. The smallest absolute Gasteiger partial charge is 0.307 e. The minimum Gasteiger partial charge on any atom is -0.481 e. The van der Waals surface area contributed by atoms with Crippen LogP contribution in [0.2, 0.25) is 0 Å². The zero-order chi connectivity index (χ0) is 15.6. The first-order valence-electron chi connectivity index (χ1n) is 7.48. The molecule has 122 valence electrons. The summed E-state index contributed by atoms with van der Waals surface area (Å²) < 4.78 is 27.9. The molecule has 2 atom stereocenters. The third-order valence-corrected chi connectivity index (χ3v) is 6.57. The lowest BCUT2D eigenvalue weighted by atomic mass is 9.93. The minimum absolute atomic E-state index is 0.0635. The van der Waals surface area contributed by atoms with E-state index < -0.39 is 28.2 Å². The Bertz CT molecular complexity index is 471. The highest BCUT2D eigenvalue weighted by Gasteiger charge is 2.37. The molecule has 2 rings (SSSR count). The Hall–Kier alpha value is -0.700. The Morgan fingerprint density at radius 1 is 1.14 bits per heavy atom. The number of piperidine rings is 2. The van der Waals surface area contributed by atoms with Crippen LogP contribution in [0.25, 0.3) is 0 Å². The highest BCUT2D eigenvalue weighted by Crippen LogP contribution is 2.26. The van der Waals surface area contributed by atoms with Crippen LogP contribution in [0.1, 0.15) is 32.6 Å². The van der Waals surface area contributed by atoms with Crippen molar-refractivity contribution in [2.24, 2.45) is 11.8 Å². The molecular formula is C13H24N2O5S. The van der Waals surface area contributed by atoms with E-state index in [0.29, 0.717) is 45.3 Å². The standard InChI is InChI=1S/C13H24N2O5S/c1-10(16)11-4-7-14(8-5-11)21(19,20)15-6-2-3-12(9-15)13(17)18/h10-12,16H,2-9H2,1H3,(H,17,18). The number of carboxylic acid groups (broad SMARTS) is 1. The van der Waals surface area contributed by atoms with Gasteiger partial charge in [0.25, 0.3) is 10.2 Å². The van der Waals surface area contributed by atoms with Gasteiger partial charge in [-0.15, -0.1) is 0 Å². The second-order valence-electron chi connectivity index (χ2n) is 6.02. The quantitative estimate of drug-likeness (QED) is 0.767. The van der Waals surface area contributed by atoms with Crippen LogP contribution < -0.4 is 0 Å². The van der Waals surface area contributed by atoms with E-state index in [9.17, 15) is 18.3 Å². The maximum atomic E-state index is 12.6. The van der Waals surface area contributed by atoms with Crippen LogP contribution in [0.4, 0.5) is 0 Å². The number of aliphatic carboxylic acids is 1. The summed E-state index contributed by atoms with van der Waals surface area (Å²) in [6.07, 6.45) is 1.99. The fourth-order valence-electron chi connectivity index (χ4n) is 3.11. The summed E-state index contributed by atoms with van der Waals surface area (Å²) in [5.41, 5.74) is 0. The van der Waals surface area contributed by atoms with Crippen molar-refractivity contribution in [3.63, 3.8) is 0 Å². The second kappa shape index (κ2) is 6.60. The first kappa shape index (κ1) is 16.7. The molecule has 7 nitrogen and oxygen atoms in total. The van der Waals surface area contributed by atoms with Gasteiger partial charge in [-0.25, -0.2) is 0 Å². The van der Waals surface area contributed by atoms with Gasteiger partial charge in [-0.1, -0.05) is 0 Å². The molecule has 2 N–H and O–H groups in total. The van der Waals surface area contributed by atoms with Gasteiger partial charge in [0.1, 0.15) is 0 Å². The molecule has 8 heteroatoms. The number of rotatable bonds is 4. The molecule has 2 aliphatic heterocycles. The third-order valence-electron chi connectivity index (χ3n) is 4.57. The maximum absolute atomic E-state index is 12.6. The molecule has 21 heavy (non-hydrogen) atoms. The predicted octanol–water partition coefficient (Wildman–Crippen LogP) is 0.121. The highest BCUT2D eigenvalue weighted by atomic mass is 32.2. The van der Waals surface area contributed by atoms with E-state index in [0.717, 1.165) is 0 Å². The van der Waals surface area contributed by atoms with Gasteiger partial charge in [-0.3, -0.25) is 4.79 Å². The Morgan fingerprint density at radius 2 is 1.76 bits per heavy atom. The van der Waals surface area contributed by atoms with Gasteiger partial charge in [0.15, 0.2) is 0 Å². The van der Waals surface area contributed by atoms with Crippen molar-refractivity contribution in [1.29, 1.82) is 0 Å². The Kier molecular flexibility index (Phi) is 5.24. The SMILES string of the molecule is CC(O)C1CCN(S(=O)(=O)N2CCCC(C(=O)O)C2)CC1. The van der Waals surface area contributed by atoms with Gasteiger partial charge in [-0.2, -0.15) is 17.0 Å². The molecule has 0 radical (unpaired) electrons. The van der Waals surface area contributed by atoms with Crippen molar-refractivity contribution in [3.8, 4) is 0 Å². The van der Waals surface area contributed by atoms with E-state index in [1.807, 2.05) is 0 Å². The number of aliphatic hydroxyl groups excluding tert-OH is 1. The number of carboxylic acids is 1. The van der Waals surface area contributed by atoms with E-state index in [-0.39, 0.29) is 12.5 Å². The summed E-state index contributed by atoms with van der Waals surface area (Å²) in [5.74, 6) is -1.39. The molecule has 0 aromatic rings. The molecule has 2 aliphatic rings. The summed E-state index contributed by atoms with van der Waals surface area (Å²) >= 11 is 0. The molecule has 2 heterocycles. The summed E-state index contributed by atoms with van der Waals surface area (Å²) in [6, 6.07) is 0. The summed E-state index contributed by atoms with van der Waals surface area (Å²) in [6.45, 7) is 2.98. The van der Waals surface area contributed by atoms with Crippen LogP contribution in [0, 0.1) is 11.8 Å². The molecule has 2 unspecified atom stereocenters. The van der Waals surface area contributed by atoms with Gasteiger partial charge in [-0.05, 0) is 38.5 Å². The fourth-order valence-corrected chi connectivity index (χ4v) is 4.83. The van der Waals surface area contributed by atoms with Gasteiger partial charge in [0.05, 0.1) is 12.0 Å². The fraction of sp³-hybridized carbons (Fsp3) is 0.923. The van der Waals surface area contributed by atoms with Crippen LogP contribution >= 0.6 is 0 Å². The van der Waals surface area contributed by atoms with Crippen molar-refractivity contribution >= 4 is 16.2 Å². The molecule has 0 bridgehead atoms. The average Bonchev–Trinajstić information content (AvgIpc) is 2.47. The van der Waals surface area contributed by atoms with Gasteiger partial charge >= 0.3 is 5.97 Å².